The van der Waals surface area contributed by atoms with Crippen LogP contribution in [0.2, 0.25) is 0 Å². The molecular weight excluding hydrogens is 354 g/mol. The summed E-state index contributed by atoms with van der Waals surface area (Å²) in [4.78, 5) is 27.2. The number of carbonyl (C=O) groups excluding carboxylic acids is 1. The van der Waals surface area contributed by atoms with Crippen molar-refractivity contribution in [3.63, 3.8) is 0 Å². The first-order valence-corrected chi connectivity index (χ1v) is 9.22. The summed E-state index contributed by atoms with van der Waals surface area (Å²) in [5.41, 5.74) is 5.17. The monoisotopic (exact) mass is 375 g/mol. The van der Waals surface area contributed by atoms with E-state index in [0.29, 0.717) is 13.2 Å². The van der Waals surface area contributed by atoms with Gasteiger partial charge in [0.2, 0.25) is 5.43 Å². The third kappa shape index (κ3) is 3.76. The Morgan fingerprint density at radius 3 is 2.29 bits per heavy atom. The van der Waals surface area contributed by atoms with Crippen LogP contribution in [0.15, 0.2) is 77.7 Å². The van der Waals surface area contributed by atoms with E-state index in [0.717, 1.165) is 17.5 Å². The molecule has 2 heterocycles. The van der Waals surface area contributed by atoms with E-state index < -0.39 is 0 Å². The van der Waals surface area contributed by atoms with Crippen LogP contribution in [0.25, 0.3) is 0 Å². The Hall–Kier alpha value is -3.54. The lowest BCUT2D eigenvalue weighted by molar-refractivity contribution is 0.0721. The Morgan fingerprint density at radius 1 is 0.893 bits per heavy atom. The minimum atomic E-state index is -0.303. The van der Waals surface area contributed by atoms with Crippen LogP contribution in [0, 0.1) is 0 Å². The van der Waals surface area contributed by atoms with Gasteiger partial charge >= 0.3 is 0 Å². The maximum Gasteiger partial charge on any atom is 0.277 e. The fourth-order valence-electron chi connectivity index (χ4n) is 3.19. The van der Waals surface area contributed by atoms with E-state index in [-0.39, 0.29) is 29.4 Å². The standard InChI is InChI=1S/C22H21N3O3/c26-19-12-14-25-20(21(19)28-15-18-9-5-2-6-10-18)22(27)24(16-23-25)13-11-17-7-3-1-4-8-17/h1-10,12,14,23H,11,13,15-16H2. The van der Waals surface area contributed by atoms with Crippen molar-refractivity contribution < 1.29 is 9.53 Å². The number of ether oxygens (including phenoxy) is 1. The Labute approximate surface area is 163 Å². The molecule has 0 fully saturated rings. The molecule has 0 saturated carbocycles. The largest absolute Gasteiger partial charge is 0.482 e. The van der Waals surface area contributed by atoms with Crippen LogP contribution in [0.1, 0.15) is 21.6 Å². The molecular formula is C22H21N3O3. The lowest BCUT2D eigenvalue weighted by Gasteiger charge is -2.31. The molecule has 0 radical (unpaired) electrons. The number of amides is 1. The highest BCUT2D eigenvalue weighted by atomic mass is 16.5. The molecule has 1 amide bonds. The second kappa shape index (κ2) is 8.00. The summed E-state index contributed by atoms with van der Waals surface area (Å²) in [6.45, 7) is 1.15. The molecule has 0 bridgehead atoms. The molecule has 0 aliphatic carbocycles. The molecule has 0 saturated heterocycles. The normalized spacial score (nSPS) is 13.0. The van der Waals surface area contributed by atoms with Gasteiger partial charge in [0.15, 0.2) is 11.4 Å². The number of rotatable bonds is 6. The number of fused-ring (bicyclic) bond motifs is 1. The SMILES string of the molecule is O=C1c2c(OCc3ccccc3)c(=O)ccn2NCN1CCc1ccccc1. The van der Waals surface area contributed by atoms with Crippen molar-refractivity contribution in [2.24, 2.45) is 0 Å². The van der Waals surface area contributed by atoms with E-state index in [1.807, 2.05) is 60.7 Å². The molecule has 4 rings (SSSR count). The van der Waals surface area contributed by atoms with Gasteiger partial charge in [-0.3, -0.25) is 14.3 Å². The number of nitrogens with zero attached hydrogens (tertiary/aromatic N) is 2. The zero-order chi connectivity index (χ0) is 19.3. The maximum atomic E-state index is 13.1. The fourth-order valence-corrected chi connectivity index (χ4v) is 3.19. The average molecular weight is 375 g/mol. The summed E-state index contributed by atoms with van der Waals surface area (Å²) < 4.78 is 7.35. The number of benzene rings is 2. The van der Waals surface area contributed by atoms with Crippen molar-refractivity contribution in [2.45, 2.75) is 13.0 Å². The van der Waals surface area contributed by atoms with Crippen LogP contribution in [0.3, 0.4) is 0 Å². The van der Waals surface area contributed by atoms with E-state index in [1.165, 1.54) is 6.07 Å². The van der Waals surface area contributed by atoms with Crippen LogP contribution in [0.5, 0.6) is 5.75 Å². The highest BCUT2D eigenvalue weighted by Crippen LogP contribution is 2.20. The van der Waals surface area contributed by atoms with Gasteiger partial charge in [0.05, 0.1) is 0 Å². The van der Waals surface area contributed by atoms with Gasteiger partial charge in [-0.1, -0.05) is 60.7 Å². The Morgan fingerprint density at radius 2 is 1.57 bits per heavy atom. The molecule has 6 heteroatoms. The minimum absolute atomic E-state index is 0.0771. The molecule has 0 unspecified atom stereocenters. The molecule has 0 spiro atoms. The van der Waals surface area contributed by atoms with Gasteiger partial charge in [-0.25, -0.2) is 0 Å². The van der Waals surface area contributed by atoms with Gasteiger partial charge in [0, 0.05) is 18.8 Å². The molecule has 28 heavy (non-hydrogen) atoms. The Bertz CT molecular complexity index is 1020. The Balaban J connectivity index is 1.54. The van der Waals surface area contributed by atoms with Gasteiger partial charge in [0.1, 0.15) is 13.3 Å². The zero-order valence-electron chi connectivity index (χ0n) is 15.4. The molecule has 1 aliphatic rings. The number of pyridine rings is 1. The van der Waals surface area contributed by atoms with Crippen molar-refractivity contribution in [1.82, 2.24) is 9.58 Å². The molecule has 1 aliphatic heterocycles. The number of hydrogen-bond donors (Lipinski definition) is 1. The summed E-state index contributed by atoms with van der Waals surface area (Å²) in [6, 6.07) is 21.0. The summed E-state index contributed by atoms with van der Waals surface area (Å²) >= 11 is 0. The molecule has 1 aromatic heterocycles. The molecule has 142 valence electrons. The minimum Gasteiger partial charge on any atom is -0.482 e. The predicted molar refractivity (Wildman–Crippen MR) is 107 cm³/mol. The Kier molecular flexibility index (Phi) is 5.10. The third-order valence-electron chi connectivity index (χ3n) is 4.72. The number of nitrogens with one attached hydrogen (secondary N) is 1. The first kappa shape index (κ1) is 17.9. The topological polar surface area (TPSA) is 63.6 Å². The zero-order valence-corrected chi connectivity index (χ0v) is 15.4. The van der Waals surface area contributed by atoms with E-state index >= 15 is 0 Å². The van der Waals surface area contributed by atoms with Gasteiger partial charge in [-0.05, 0) is 17.5 Å². The van der Waals surface area contributed by atoms with Crippen LogP contribution in [-0.2, 0) is 13.0 Å². The van der Waals surface area contributed by atoms with Crippen molar-refractivity contribution >= 4 is 5.91 Å². The quantitative estimate of drug-likeness (QED) is 0.719. The highest BCUT2D eigenvalue weighted by molar-refractivity contribution is 5.96. The summed E-state index contributed by atoms with van der Waals surface area (Å²) in [5.74, 6) is -0.135. The van der Waals surface area contributed by atoms with Crippen LogP contribution in [-0.4, -0.2) is 28.7 Å². The van der Waals surface area contributed by atoms with Crippen LogP contribution >= 0.6 is 0 Å². The summed E-state index contributed by atoms with van der Waals surface area (Å²) in [7, 11) is 0. The molecule has 1 N–H and O–H groups in total. The predicted octanol–water partition coefficient (Wildman–Crippen LogP) is 2.63. The third-order valence-corrected chi connectivity index (χ3v) is 4.72. The molecule has 2 aromatic carbocycles. The van der Waals surface area contributed by atoms with E-state index in [2.05, 4.69) is 5.43 Å². The number of carbonyl (C=O) groups is 1. The molecule has 6 nitrogen and oxygen atoms in total. The van der Waals surface area contributed by atoms with Gasteiger partial charge < -0.3 is 15.1 Å². The van der Waals surface area contributed by atoms with Crippen molar-refractivity contribution in [3.05, 3.63) is 100.0 Å². The van der Waals surface area contributed by atoms with Crippen molar-refractivity contribution in [2.75, 3.05) is 18.6 Å². The molecule has 3 aromatic rings. The smallest absolute Gasteiger partial charge is 0.277 e. The number of hydrogen-bond acceptors (Lipinski definition) is 4. The van der Waals surface area contributed by atoms with E-state index in [9.17, 15) is 9.59 Å². The average Bonchev–Trinajstić information content (AvgIpc) is 2.74. The lowest BCUT2D eigenvalue weighted by atomic mass is 10.1. The van der Waals surface area contributed by atoms with Gasteiger partial charge in [-0.15, -0.1) is 0 Å². The van der Waals surface area contributed by atoms with E-state index in [4.69, 9.17) is 4.74 Å². The first-order chi connectivity index (χ1) is 13.7. The fraction of sp³-hybridized carbons (Fsp3) is 0.182. The van der Waals surface area contributed by atoms with Crippen molar-refractivity contribution in [1.29, 1.82) is 0 Å². The van der Waals surface area contributed by atoms with Gasteiger partial charge in [0.25, 0.3) is 5.91 Å². The summed E-state index contributed by atoms with van der Waals surface area (Å²) in [5, 5.41) is 0. The molecule has 0 atom stereocenters. The van der Waals surface area contributed by atoms with E-state index in [1.54, 1.807) is 15.8 Å². The number of aromatic nitrogens is 1. The first-order valence-electron chi connectivity index (χ1n) is 9.22. The lowest BCUT2D eigenvalue weighted by Crippen LogP contribution is -2.47. The van der Waals surface area contributed by atoms with Crippen LogP contribution < -0.4 is 15.6 Å². The second-order valence-corrected chi connectivity index (χ2v) is 6.62. The highest BCUT2D eigenvalue weighted by Gasteiger charge is 2.28. The van der Waals surface area contributed by atoms with Gasteiger partial charge in [-0.2, -0.15) is 0 Å². The maximum absolute atomic E-state index is 13.1. The second-order valence-electron chi connectivity index (χ2n) is 6.62. The van der Waals surface area contributed by atoms with Crippen molar-refractivity contribution in [3.8, 4) is 5.75 Å². The van der Waals surface area contributed by atoms with Crippen LogP contribution in [0.4, 0.5) is 0 Å². The summed E-state index contributed by atoms with van der Waals surface area (Å²) in [6.07, 6.45) is 2.31.